The minimum atomic E-state index is -0.750. The Bertz CT molecular complexity index is 74.5. The zero-order valence-electron chi connectivity index (χ0n) is 4.72. The molecule has 1 rings (SSSR count). The number of alkyl halides is 1. The lowest BCUT2D eigenvalue weighted by molar-refractivity contribution is -0.122. The minimum Gasteiger partial charge on any atom is -0.483 e. The van der Waals surface area contributed by atoms with Crippen molar-refractivity contribution < 1.29 is 14.3 Å². The summed E-state index contributed by atoms with van der Waals surface area (Å²) in [6.07, 6.45) is 1.57. The molecule has 1 aliphatic rings. The Balaban J connectivity index is 0.000000145. The van der Waals surface area contributed by atoms with Gasteiger partial charge in [0.2, 0.25) is 0 Å². The van der Waals surface area contributed by atoms with E-state index in [4.69, 9.17) is 9.90 Å². The van der Waals surface area contributed by atoms with Crippen molar-refractivity contribution in [3.05, 3.63) is 0 Å². The van der Waals surface area contributed by atoms with Gasteiger partial charge >= 0.3 is 0 Å². The van der Waals surface area contributed by atoms with Gasteiger partial charge in [0.15, 0.2) is 0 Å². The molecule has 0 atom stereocenters. The third kappa shape index (κ3) is 5.40. The number of rotatable bonds is 0. The van der Waals surface area contributed by atoms with Gasteiger partial charge in [0, 0.05) is 0 Å². The van der Waals surface area contributed by atoms with Gasteiger partial charge in [-0.15, -0.1) is 0 Å². The molecule has 0 saturated heterocycles. The molecular weight excluding hydrogens is 111 g/mol. The maximum absolute atomic E-state index is 11.8. The summed E-state index contributed by atoms with van der Waals surface area (Å²) >= 11 is 0. The van der Waals surface area contributed by atoms with E-state index >= 15 is 0 Å². The highest BCUT2D eigenvalue weighted by atomic mass is 19.1. The summed E-state index contributed by atoms with van der Waals surface area (Å²) in [5.74, 6) is 0. The second-order valence-electron chi connectivity index (χ2n) is 2.02. The third-order valence-electron chi connectivity index (χ3n) is 0.939. The first kappa shape index (κ1) is 7.40. The van der Waals surface area contributed by atoms with Gasteiger partial charge in [-0.2, -0.15) is 0 Å². The maximum Gasteiger partial charge on any atom is 0.290 e. The Labute approximate surface area is 47.3 Å². The summed E-state index contributed by atoms with van der Waals surface area (Å²) < 4.78 is 11.8. The average Bonchev–Trinajstić information content (AvgIpc) is 2.22. The fourth-order valence-corrected chi connectivity index (χ4v) is 0.172. The lowest BCUT2D eigenvalue weighted by Gasteiger charge is -1.81. The summed E-state index contributed by atoms with van der Waals surface area (Å²) in [6.45, 7) is 1.38. The van der Waals surface area contributed by atoms with E-state index in [1.165, 1.54) is 0 Å². The maximum atomic E-state index is 11.8. The molecule has 0 spiro atoms. The molecule has 0 heterocycles. The Morgan fingerprint density at radius 2 is 1.88 bits per heavy atom. The van der Waals surface area contributed by atoms with Crippen LogP contribution < -0.4 is 0 Å². The van der Waals surface area contributed by atoms with Crippen molar-refractivity contribution in [1.82, 2.24) is 0 Å². The molecule has 0 bridgehead atoms. The highest BCUT2D eigenvalue weighted by molar-refractivity contribution is 5.32. The fraction of sp³-hybridized carbons (Fsp3) is 0.800. The molecule has 0 radical (unpaired) electrons. The van der Waals surface area contributed by atoms with Crippen molar-refractivity contribution >= 4 is 6.47 Å². The topological polar surface area (TPSA) is 37.3 Å². The van der Waals surface area contributed by atoms with E-state index in [0.29, 0.717) is 0 Å². The zero-order chi connectivity index (χ0) is 6.62. The lowest BCUT2D eigenvalue weighted by atomic mass is 10.5. The third-order valence-corrected chi connectivity index (χ3v) is 0.939. The molecule has 0 aromatic carbocycles. The van der Waals surface area contributed by atoms with Crippen molar-refractivity contribution in [2.45, 2.75) is 25.4 Å². The molecular formula is C5H9FO2. The predicted octanol–water partition coefficient (Wildman–Crippen LogP) is 1.21. The lowest BCUT2D eigenvalue weighted by Crippen LogP contribution is -1.83. The van der Waals surface area contributed by atoms with Gasteiger partial charge in [0.1, 0.15) is 5.67 Å². The van der Waals surface area contributed by atoms with E-state index in [9.17, 15) is 4.39 Å². The Hall–Kier alpha value is -0.600. The predicted molar refractivity (Wildman–Crippen MR) is 27.4 cm³/mol. The molecule has 3 heteroatoms. The van der Waals surface area contributed by atoms with Crippen molar-refractivity contribution in [2.75, 3.05) is 0 Å². The first-order valence-electron chi connectivity index (χ1n) is 2.39. The van der Waals surface area contributed by atoms with Gasteiger partial charge in [-0.1, -0.05) is 0 Å². The van der Waals surface area contributed by atoms with Crippen LogP contribution in [0.3, 0.4) is 0 Å². The van der Waals surface area contributed by atoms with Crippen LogP contribution in [0.15, 0.2) is 0 Å². The van der Waals surface area contributed by atoms with Crippen LogP contribution in [0.2, 0.25) is 0 Å². The SMILES string of the molecule is CC1(F)CC1.O=CO. The van der Waals surface area contributed by atoms with E-state index in [2.05, 4.69) is 0 Å². The molecule has 48 valence electrons. The van der Waals surface area contributed by atoms with Gasteiger partial charge in [0.05, 0.1) is 0 Å². The van der Waals surface area contributed by atoms with E-state index in [-0.39, 0.29) is 6.47 Å². The van der Waals surface area contributed by atoms with Gasteiger partial charge in [-0.3, -0.25) is 4.79 Å². The second kappa shape index (κ2) is 2.64. The van der Waals surface area contributed by atoms with Crippen LogP contribution in [0, 0.1) is 0 Å². The summed E-state index contributed by atoms with van der Waals surface area (Å²) in [7, 11) is 0. The number of hydrogen-bond acceptors (Lipinski definition) is 1. The first-order chi connectivity index (χ1) is 3.62. The monoisotopic (exact) mass is 120 g/mol. The number of carboxylic acid groups (broad SMARTS) is 1. The van der Waals surface area contributed by atoms with Gasteiger partial charge in [0.25, 0.3) is 6.47 Å². The largest absolute Gasteiger partial charge is 0.483 e. The Morgan fingerprint density at radius 1 is 1.75 bits per heavy atom. The molecule has 1 saturated carbocycles. The first-order valence-corrected chi connectivity index (χ1v) is 2.39. The number of carbonyl (C=O) groups is 1. The van der Waals surface area contributed by atoms with Crippen molar-refractivity contribution in [3.8, 4) is 0 Å². The van der Waals surface area contributed by atoms with Crippen LogP contribution in [0.1, 0.15) is 19.8 Å². The molecule has 0 aromatic rings. The van der Waals surface area contributed by atoms with E-state index in [1.54, 1.807) is 6.92 Å². The Morgan fingerprint density at radius 3 is 1.88 bits per heavy atom. The van der Waals surface area contributed by atoms with E-state index in [1.807, 2.05) is 0 Å². The summed E-state index contributed by atoms with van der Waals surface area (Å²) in [4.78, 5) is 8.36. The minimum absolute atomic E-state index is 0.250. The van der Waals surface area contributed by atoms with E-state index in [0.717, 1.165) is 12.8 Å². The standard InChI is InChI=1S/C4H7F.CH2O2/c1-4(5)2-3-4;2-1-3/h2-3H2,1H3;1H,(H,2,3). The van der Waals surface area contributed by atoms with Crippen molar-refractivity contribution in [3.63, 3.8) is 0 Å². The van der Waals surface area contributed by atoms with E-state index < -0.39 is 5.67 Å². The molecule has 0 aromatic heterocycles. The molecule has 0 unspecified atom stereocenters. The highest BCUT2D eigenvalue weighted by Gasteiger charge is 2.36. The quantitative estimate of drug-likeness (QED) is 0.488. The number of halogens is 1. The Kier molecular flexibility index (Phi) is 2.45. The molecule has 2 nitrogen and oxygen atoms in total. The van der Waals surface area contributed by atoms with Crippen molar-refractivity contribution in [1.29, 1.82) is 0 Å². The number of hydrogen-bond donors (Lipinski definition) is 1. The molecule has 0 aliphatic heterocycles. The molecule has 0 amide bonds. The van der Waals surface area contributed by atoms with Crippen molar-refractivity contribution in [2.24, 2.45) is 0 Å². The molecule has 1 fully saturated rings. The van der Waals surface area contributed by atoms with Crippen LogP contribution >= 0.6 is 0 Å². The molecule has 1 aliphatic carbocycles. The molecule has 1 N–H and O–H groups in total. The van der Waals surface area contributed by atoms with Crippen LogP contribution in [-0.2, 0) is 4.79 Å². The normalized spacial score (nSPS) is 20.2. The summed E-state index contributed by atoms with van der Waals surface area (Å²) in [5.41, 5.74) is -0.750. The van der Waals surface area contributed by atoms with Crippen LogP contribution in [0.4, 0.5) is 4.39 Å². The van der Waals surface area contributed by atoms with Crippen LogP contribution in [-0.4, -0.2) is 17.2 Å². The van der Waals surface area contributed by atoms with Gasteiger partial charge < -0.3 is 5.11 Å². The summed E-state index contributed by atoms with van der Waals surface area (Å²) in [5, 5.41) is 6.89. The van der Waals surface area contributed by atoms with Gasteiger partial charge in [-0.25, -0.2) is 4.39 Å². The van der Waals surface area contributed by atoms with Crippen LogP contribution in [0.25, 0.3) is 0 Å². The fourth-order valence-electron chi connectivity index (χ4n) is 0.172. The van der Waals surface area contributed by atoms with Crippen LogP contribution in [0.5, 0.6) is 0 Å². The highest BCUT2D eigenvalue weighted by Crippen LogP contribution is 2.38. The summed E-state index contributed by atoms with van der Waals surface area (Å²) in [6, 6.07) is 0. The average molecular weight is 120 g/mol. The zero-order valence-corrected chi connectivity index (χ0v) is 4.72. The second-order valence-corrected chi connectivity index (χ2v) is 2.02. The smallest absolute Gasteiger partial charge is 0.290 e. The van der Waals surface area contributed by atoms with Gasteiger partial charge in [-0.05, 0) is 19.8 Å². The molecule has 8 heavy (non-hydrogen) atoms.